The standard InChI is InChI=1S/C13H19ClN2O3S/c1-2-16(8-10-6-7-19-9-10)20(17,18)13-11(14)4-3-5-12(13)15/h3-5,10H,2,6-9,15H2,1H3. The van der Waals surface area contributed by atoms with E-state index in [1.54, 1.807) is 19.1 Å². The third-order valence-corrected chi connectivity index (χ3v) is 5.92. The maximum absolute atomic E-state index is 12.7. The van der Waals surface area contributed by atoms with Crippen molar-refractivity contribution in [2.75, 3.05) is 32.0 Å². The Balaban J connectivity index is 2.31. The Morgan fingerprint density at radius 3 is 2.80 bits per heavy atom. The van der Waals surface area contributed by atoms with E-state index in [0.717, 1.165) is 6.42 Å². The molecule has 0 saturated carbocycles. The molecule has 1 aliphatic heterocycles. The first-order chi connectivity index (χ1) is 9.46. The zero-order valence-electron chi connectivity index (χ0n) is 11.4. The minimum absolute atomic E-state index is 0.00225. The zero-order chi connectivity index (χ0) is 14.8. The average molecular weight is 319 g/mol. The summed E-state index contributed by atoms with van der Waals surface area (Å²) in [5.74, 6) is 0.230. The highest BCUT2D eigenvalue weighted by Crippen LogP contribution is 2.30. The van der Waals surface area contributed by atoms with E-state index >= 15 is 0 Å². The van der Waals surface area contributed by atoms with Crippen molar-refractivity contribution in [3.63, 3.8) is 0 Å². The number of benzene rings is 1. The molecule has 1 aromatic carbocycles. The Hall–Kier alpha value is -0.820. The van der Waals surface area contributed by atoms with Gasteiger partial charge in [-0.05, 0) is 24.5 Å². The number of rotatable bonds is 5. The number of nitrogens with two attached hydrogens (primary N) is 1. The van der Waals surface area contributed by atoms with Gasteiger partial charge < -0.3 is 10.5 Å². The van der Waals surface area contributed by atoms with Crippen LogP contribution >= 0.6 is 11.6 Å². The van der Waals surface area contributed by atoms with Crippen LogP contribution in [0.2, 0.25) is 5.02 Å². The zero-order valence-corrected chi connectivity index (χ0v) is 13.0. The van der Waals surface area contributed by atoms with Gasteiger partial charge in [0.25, 0.3) is 0 Å². The molecule has 0 aromatic heterocycles. The van der Waals surface area contributed by atoms with E-state index in [-0.39, 0.29) is 21.5 Å². The molecule has 0 spiro atoms. The smallest absolute Gasteiger partial charge is 0.246 e. The number of hydrogen-bond acceptors (Lipinski definition) is 4. The number of sulfonamides is 1. The maximum atomic E-state index is 12.7. The number of anilines is 1. The van der Waals surface area contributed by atoms with Gasteiger partial charge in [0.15, 0.2) is 0 Å². The Bertz CT molecular complexity index is 551. The van der Waals surface area contributed by atoms with Gasteiger partial charge in [0.05, 0.1) is 17.3 Å². The van der Waals surface area contributed by atoms with Crippen molar-refractivity contribution in [1.82, 2.24) is 4.31 Å². The normalized spacial score (nSPS) is 19.6. The fourth-order valence-electron chi connectivity index (χ4n) is 2.34. The lowest BCUT2D eigenvalue weighted by Crippen LogP contribution is -2.36. The molecule has 0 radical (unpaired) electrons. The predicted octanol–water partition coefficient (Wildman–Crippen LogP) is 1.97. The number of nitrogen functional groups attached to an aromatic ring is 1. The van der Waals surface area contributed by atoms with Gasteiger partial charge in [-0.15, -0.1) is 0 Å². The summed E-state index contributed by atoms with van der Waals surface area (Å²) in [7, 11) is -3.68. The van der Waals surface area contributed by atoms with E-state index in [4.69, 9.17) is 22.1 Å². The first-order valence-electron chi connectivity index (χ1n) is 6.58. The van der Waals surface area contributed by atoms with E-state index in [1.165, 1.54) is 10.4 Å². The van der Waals surface area contributed by atoms with Crippen molar-refractivity contribution >= 4 is 27.3 Å². The molecule has 1 aliphatic rings. The third-order valence-electron chi connectivity index (χ3n) is 3.43. The van der Waals surface area contributed by atoms with Crippen LogP contribution in [-0.4, -0.2) is 39.0 Å². The summed E-state index contributed by atoms with van der Waals surface area (Å²) in [5, 5.41) is 0.158. The van der Waals surface area contributed by atoms with Crippen LogP contribution in [0.15, 0.2) is 23.1 Å². The molecule has 1 fully saturated rings. The summed E-state index contributed by atoms with van der Waals surface area (Å²) in [6.07, 6.45) is 0.879. The highest BCUT2D eigenvalue weighted by Gasteiger charge is 2.30. The molecule has 2 N–H and O–H groups in total. The van der Waals surface area contributed by atoms with Crippen molar-refractivity contribution in [3.05, 3.63) is 23.2 Å². The number of hydrogen-bond donors (Lipinski definition) is 1. The van der Waals surface area contributed by atoms with Gasteiger partial charge in [0.2, 0.25) is 10.0 Å². The first kappa shape index (κ1) is 15.6. The summed E-state index contributed by atoms with van der Waals surface area (Å²) >= 11 is 6.02. The molecule has 20 heavy (non-hydrogen) atoms. The maximum Gasteiger partial charge on any atom is 0.246 e. The molecule has 2 rings (SSSR count). The molecule has 7 heteroatoms. The van der Waals surface area contributed by atoms with Gasteiger partial charge in [-0.3, -0.25) is 0 Å². The van der Waals surface area contributed by atoms with Crippen LogP contribution in [0, 0.1) is 5.92 Å². The average Bonchev–Trinajstić information content (AvgIpc) is 2.88. The Morgan fingerprint density at radius 2 is 2.25 bits per heavy atom. The van der Waals surface area contributed by atoms with E-state index in [0.29, 0.717) is 26.3 Å². The summed E-state index contributed by atoms with van der Waals surface area (Å²) in [6, 6.07) is 4.72. The second-order valence-electron chi connectivity index (χ2n) is 4.84. The first-order valence-corrected chi connectivity index (χ1v) is 8.40. The van der Waals surface area contributed by atoms with E-state index in [2.05, 4.69) is 0 Å². The van der Waals surface area contributed by atoms with Crippen LogP contribution in [0.1, 0.15) is 13.3 Å². The van der Waals surface area contributed by atoms with Crippen LogP contribution in [-0.2, 0) is 14.8 Å². The quantitative estimate of drug-likeness (QED) is 0.842. The largest absolute Gasteiger partial charge is 0.398 e. The van der Waals surface area contributed by atoms with Crippen molar-refractivity contribution in [2.45, 2.75) is 18.2 Å². The van der Waals surface area contributed by atoms with Crippen molar-refractivity contribution < 1.29 is 13.2 Å². The number of ether oxygens (including phenoxy) is 1. The Labute approximate surface area is 124 Å². The van der Waals surface area contributed by atoms with Gasteiger partial charge in [0.1, 0.15) is 4.90 Å². The molecule has 1 aromatic rings. The lowest BCUT2D eigenvalue weighted by Gasteiger charge is -2.24. The van der Waals surface area contributed by atoms with E-state index in [1.807, 2.05) is 0 Å². The lowest BCUT2D eigenvalue weighted by molar-refractivity contribution is 0.181. The van der Waals surface area contributed by atoms with Crippen molar-refractivity contribution in [1.29, 1.82) is 0 Å². The molecule has 1 unspecified atom stereocenters. The monoisotopic (exact) mass is 318 g/mol. The van der Waals surface area contributed by atoms with Gasteiger partial charge >= 0.3 is 0 Å². The Kier molecular flexibility index (Phi) is 4.90. The lowest BCUT2D eigenvalue weighted by atomic mass is 10.1. The van der Waals surface area contributed by atoms with Gasteiger partial charge in [0, 0.05) is 19.7 Å². The molecular formula is C13H19ClN2O3S. The highest BCUT2D eigenvalue weighted by molar-refractivity contribution is 7.89. The topological polar surface area (TPSA) is 72.6 Å². The van der Waals surface area contributed by atoms with Crippen LogP contribution < -0.4 is 5.73 Å². The second-order valence-corrected chi connectivity index (χ2v) is 7.13. The number of nitrogens with zero attached hydrogens (tertiary/aromatic N) is 1. The summed E-state index contributed by atoms with van der Waals surface area (Å²) in [6.45, 7) is 3.91. The molecule has 1 saturated heterocycles. The fraction of sp³-hybridized carbons (Fsp3) is 0.538. The number of halogens is 1. The van der Waals surface area contributed by atoms with Crippen LogP contribution in [0.4, 0.5) is 5.69 Å². The minimum atomic E-state index is -3.68. The van der Waals surface area contributed by atoms with Gasteiger partial charge in [-0.25, -0.2) is 8.42 Å². The minimum Gasteiger partial charge on any atom is -0.398 e. The summed E-state index contributed by atoms with van der Waals surface area (Å²) in [5.41, 5.74) is 5.97. The molecule has 5 nitrogen and oxygen atoms in total. The molecule has 0 bridgehead atoms. The van der Waals surface area contributed by atoms with Crippen LogP contribution in [0.25, 0.3) is 0 Å². The van der Waals surface area contributed by atoms with Gasteiger partial charge in [-0.1, -0.05) is 24.6 Å². The van der Waals surface area contributed by atoms with Crippen molar-refractivity contribution in [2.24, 2.45) is 5.92 Å². The highest BCUT2D eigenvalue weighted by atomic mass is 35.5. The molecule has 112 valence electrons. The molecular weight excluding hydrogens is 300 g/mol. The van der Waals surface area contributed by atoms with Gasteiger partial charge in [-0.2, -0.15) is 4.31 Å². The third kappa shape index (κ3) is 3.09. The van der Waals surface area contributed by atoms with E-state index in [9.17, 15) is 8.42 Å². The molecule has 0 aliphatic carbocycles. The summed E-state index contributed by atoms with van der Waals surface area (Å²) < 4.78 is 32.1. The van der Waals surface area contributed by atoms with Crippen molar-refractivity contribution in [3.8, 4) is 0 Å². The Morgan fingerprint density at radius 1 is 1.50 bits per heavy atom. The summed E-state index contributed by atoms with van der Waals surface area (Å²) in [4.78, 5) is 0.00225. The molecule has 1 atom stereocenters. The van der Waals surface area contributed by atoms with Crippen LogP contribution in [0.5, 0.6) is 0 Å². The fourth-order valence-corrected chi connectivity index (χ4v) is 4.50. The SMILES string of the molecule is CCN(CC1CCOC1)S(=O)(=O)c1c(N)cccc1Cl. The van der Waals surface area contributed by atoms with Crippen LogP contribution in [0.3, 0.4) is 0 Å². The molecule has 1 heterocycles. The molecule has 0 amide bonds. The predicted molar refractivity (Wildman–Crippen MR) is 79.2 cm³/mol. The van der Waals surface area contributed by atoms with E-state index < -0.39 is 10.0 Å². The second kappa shape index (κ2) is 6.30.